The smallest absolute Gasteiger partial charge is 0.340 e. The molecule has 1 amide bonds. The Kier molecular flexibility index (Phi) is 5.68. The summed E-state index contributed by atoms with van der Waals surface area (Å²) < 4.78 is 10.2. The Morgan fingerprint density at radius 1 is 1.22 bits per heavy atom. The lowest BCUT2D eigenvalue weighted by atomic mass is 10.2. The molecule has 0 aliphatic carbocycles. The van der Waals surface area contributed by atoms with Gasteiger partial charge in [0.2, 0.25) is 0 Å². The van der Waals surface area contributed by atoms with E-state index >= 15 is 0 Å². The summed E-state index contributed by atoms with van der Waals surface area (Å²) in [7, 11) is 1.59. The second-order valence-corrected chi connectivity index (χ2v) is 4.86. The van der Waals surface area contributed by atoms with E-state index in [-0.39, 0.29) is 5.91 Å². The van der Waals surface area contributed by atoms with Crippen molar-refractivity contribution in [1.82, 2.24) is 10.3 Å². The zero-order valence-corrected chi connectivity index (χ0v) is 13.0. The Morgan fingerprint density at radius 3 is 2.57 bits per heavy atom. The third-order valence-electron chi connectivity index (χ3n) is 3.18. The average Bonchev–Trinajstić information content (AvgIpc) is 2.60. The van der Waals surface area contributed by atoms with Crippen LogP contribution in [0.5, 0.6) is 5.75 Å². The minimum atomic E-state index is -0.888. The van der Waals surface area contributed by atoms with E-state index in [2.05, 4.69) is 10.3 Å². The summed E-state index contributed by atoms with van der Waals surface area (Å²) >= 11 is 0. The van der Waals surface area contributed by atoms with E-state index < -0.39 is 12.1 Å². The van der Waals surface area contributed by atoms with Crippen molar-refractivity contribution < 1.29 is 19.1 Å². The number of nitrogens with zero attached hydrogens (tertiary/aromatic N) is 1. The largest absolute Gasteiger partial charge is 0.497 e. The standard InChI is InChI=1S/C17H18N2O4/c1-12(23-17(21)14-4-3-9-18-11-14)16(20)19-10-13-5-7-15(22-2)8-6-13/h3-9,11-12H,10H2,1-2H3,(H,19,20)/t12-/m1/s1. The second-order valence-electron chi connectivity index (χ2n) is 4.86. The summed E-state index contributed by atoms with van der Waals surface area (Å²) in [5.74, 6) is -0.192. The summed E-state index contributed by atoms with van der Waals surface area (Å²) in [5.41, 5.74) is 1.23. The molecule has 0 aliphatic rings. The Hall–Kier alpha value is -2.89. The third kappa shape index (κ3) is 4.81. The van der Waals surface area contributed by atoms with Crippen molar-refractivity contribution in [2.45, 2.75) is 19.6 Å². The summed E-state index contributed by atoms with van der Waals surface area (Å²) in [6.07, 6.45) is 2.06. The maximum absolute atomic E-state index is 12.0. The molecule has 1 aromatic carbocycles. The molecule has 23 heavy (non-hydrogen) atoms. The first kappa shape index (κ1) is 16.5. The van der Waals surface area contributed by atoms with Crippen molar-refractivity contribution in [3.8, 4) is 5.75 Å². The summed E-state index contributed by atoms with van der Waals surface area (Å²) in [6.45, 7) is 1.87. The van der Waals surface area contributed by atoms with Crippen molar-refractivity contribution in [2.75, 3.05) is 7.11 Å². The van der Waals surface area contributed by atoms with E-state index in [9.17, 15) is 9.59 Å². The van der Waals surface area contributed by atoms with Crippen LogP contribution in [0.1, 0.15) is 22.8 Å². The van der Waals surface area contributed by atoms with E-state index in [1.165, 1.54) is 13.1 Å². The molecule has 1 atom stereocenters. The normalized spacial score (nSPS) is 11.4. The van der Waals surface area contributed by atoms with Crippen molar-refractivity contribution in [2.24, 2.45) is 0 Å². The Bertz CT molecular complexity index is 656. The van der Waals surface area contributed by atoms with Crippen LogP contribution in [0.15, 0.2) is 48.8 Å². The van der Waals surface area contributed by atoms with Crippen LogP contribution in [0, 0.1) is 0 Å². The van der Waals surface area contributed by atoms with Crippen LogP contribution < -0.4 is 10.1 Å². The van der Waals surface area contributed by atoms with Gasteiger partial charge in [0.1, 0.15) is 5.75 Å². The van der Waals surface area contributed by atoms with Gasteiger partial charge in [-0.3, -0.25) is 9.78 Å². The van der Waals surface area contributed by atoms with Crippen LogP contribution in [-0.4, -0.2) is 30.1 Å². The highest BCUT2D eigenvalue weighted by molar-refractivity contribution is 5.91. The monoisotopic (exact) mass is 314 g/mol. The summed E-state index contributed by atoms with van der Waals surface area (Å²) in [4.78, 5) is 27.7. The van der Waals surface area contributed by atoms with Gasteiger partial charge in [0, 0.05) is 18.9 Å². The van der Waals surface area contributed by atoms with E-state index in [4.69, 9.17) is 9.47 Å². The van der Waals surface area contributed by atoms with Gasteiger partial charge in [-0.2, -0.15) is 0 Å². The first-order valence-electron chi connectivity index (χ1n) is 7.12. The van der Waals surface area contributed by atoms with Crippen molar-refractivity contribution in [3.63, 3.8) is 0 Å². The van der Waals surface area contributed by atoms with Crippen LogP contribution in [0.3, 0.4) is 0 Å². The summed E-state index contributed by atoms with van der Waals surface area (Å²) in [5, 5.41) is 2.72. The van der Waals surface area contributed by atoms with Gasteiger partial charge in [0.25, 0.3) is 5.91 Å². The fourth-order valence-corrected chi connectivity index (χ4v) is 1.84. The van der Waals surface area contributed by atoms with Gasteiger partial charge in [-0.05, 0) is 36.8 Å². The lowest BCUT2D eigenvalue weighted by Crippen LogP contribution is -2.35. The second kappa shape index (κ2) is 7.93. The van der Waals surface area contributed by atoms with Crippen LogP contribution in [-0.2, 0) is 16.1 Å². The number of methoxy groups -OCH3 is 1. The molecular weight excluding hydrogens is 296 g/mol. The molecular formula is C17H18N2O4. The molecule has 0 bridgehead atoms. The molecule has 1 N–H and O–H groups in total. The van der Waals surface area contributed by atoms with E-state index in [0.717, 1.165) is 11.3 Å². The molecule has 0 spiro atoms. The van der Waals surface area contributed by atoms with Gasteiger partial charge >= 0.3 is 5.97 Å². The van der Waals surface area contributed by atoms with Crippen molar-refractivity contribution in [3.05, 3.63) is 59.9 Å². The molecule has 6 heteroatoms. The molecule has 1 heterocycles. The molecule has 0 saturated heterocycles. The molecule has 0 fully saturated rings. The van der Waals surface area contributed by atoms with E-state index in [0.29, 0.717) is 12.1 Å². The number of hydrogen-bond acceptors (Lipinski definition) is 5. The van der Waals surface area contributed by atoms with Crippen LogP contribution in [0.2, 0.25) is 0 Å². The molecule has 2 aromatic rings. The number of amides is 1. The van der Waals surface area contributed by atoms with Gasteiger partial charge in [-0.1, -0.05) is 12.1 Å². The highest BCUT2D eigenvalue weighted by atomic mass is 16.5. The first-order valence-corrected chi connectivity index (χ1v) is 7.12. The predicted octanol–water partition coefficient (Wildman–Crippen LogP) is 1.95. The Labute approximate surface area is 134 Å². The fourth-order valence-electron chi connectivity index (χ4n) is 1.84. The maximum Gasteiger partial charge on any atom is 0.340 e. The minimum Gasteiger partial charge on any atom is -0.497 e. The number of benzene rings is 1. The molecule has 0 radical (unpaired) electrons. The van der Waals surface area contributed by atoms with Crippen LogP contribution >= 0.6 is 0 Å². The number of nitrogens with one attached hydrogen (secondary N) is 1. The number of carbonyl (C=O) groups is 2. The molecule has 0 saturated carbocycles. The number of ether oxygens (including phenoxy) is 2. The topological polar surface area (TPSA) is 77.5 Å². The SMILES string of the molecule is COc1ccc(CNC(=O)[C@@H](C)OC(=O)c2cccnc2)cc1. The molecule has 0 aliphatic heterocycles. The number of carbonyl (C=O) groups excluding carboxylic acids is 2. The molecule has 2 rings (SSSR count). The van der Waals surface area contributed by atoms with Crippen LogP contribution in [0.25, 0.3) is 0 Å². The van der Waals surface area contributed by atoms with Crippen LogP contribution in [0.4, 0.5) is 0 Å². The molecule has 120 valence electrons. The van der Waals surface area contributed by atoms with Gasteiger partial charge in [-0.15, -0.1) is 0 Å². The summed E-state index contributed by atoms with van der Waals surface area (Å²) in [6, 6.07) is 10.5. The number of aromatic nitrogens is 1. The van der Waals surface area contributed by atoms with E-state index in [1.807, 2.05) is 24.3 Å². The zero-order chi connectivity index (χ0) is 16.7. The molecule has 0 unspecified atom stereocenters. The van der Waals surface area contributed by atoms with Gasteiger partial charge in [-0.25, -0.2) is 4.79 Å². The minimum absolute atomic E-state index is 0.308. The Balaban J connectivity index is 1.83. The number of esters is 1. The Morgan fingerprint density at radius 2 is 1.96 bits per heavy atom. The van der Waals surface area contributed by atoms with Crippen molar-refractivity contribution >= 4 is 11.9 Å². The van der Waals surface area contributed by atoms with Gasteiger partial charge < -0.3 is 14.8 Å². The highest BCUT2D eigenvalue weighted by Gasteiger charge is 2.18. The predicted molar refractivity (Wildman–Crippen MR) is 84.0 cm³/mol. The number of pyridine rings is 1. The van der Waals surface area contributed by atoms with E-state index in [1.54, 1.807) is 25.4 Å². The molecule has 6 nitrogen and oxygen atoms in total. The van der Waals surface area contributed by atoms with Crippen molar-refractivity contribution in [1.29, 1.82) is 0 Å². The lowest BCUT2D eigenvalue weighted by molar-refractivity contribution is -0.129. The third-order valence-corrected chi connectivity index (χ3v) is 3.18. The average molecular weight is 314 g/mol. The first-order chi connectivity index (χ1) is 11.1. The molecule has 1 aromatic heterocycles. The fraction of sp³-hybridized carbons (Fsp3) is 0.235. The zero-order valence-electron chi connectivity index (χ0n) is 13.0. The number of rotatable bonds is 6. The van der Waals surface area contributed by atoms with Gasteiger partial charge in [0.15, 0.2) is 6.10 Å². The lowest BCUT2D eigenvalue weighted by Gasteiger charge is -2.13. The number of hydrogen-bond donors (Lipinski definition) is 1. The maximum atomic E-state index is 12.0. The van der Waals surface area contributed by atoms with Gasteiger partial charge in [0.05, 0.1) is 12.7 Å². The quantitative estimate of drug-likeness (QED) is 0.825. The highest BCUT2D eigenvalue weighted by Crippen LogP contribution is 2.11.